The zero-order chi connectivity index (χ0) is 14.8. The number of hydrogen-bond acceptors (Lipinski definition) is 5. The molecule has 0 fully saturated rings. The number of rotatable bonds is 4. The van der Waals surface area contributed by atoms with Gasteiger partial charge in [-0.15, -0.1) is 0 Å². The van der Waals surface area contributed by atoms with E-state index in [0.717, 1.165) is 0 Å². The molecule has 0 bridgehead atoms. The first-order valence-electron chi connectivity index (χ1n) is 6.57. The molecule has 2 N–H and O–H groups in total. The number of para-hydroxylation sites is 1. The summed E-state index contributed by atoms with van der Waals surface area (Å²) >= 11 is 0. The minimum absolute atomic E-state index is 0.205. The quantitative estimate of drug-likeness (QED) is 0.798. The molecule has 0 saturated heterocycles. The zero-order valence-corrected chi connectivity index (χ0v) is 11.5. The van der Waals surface area contributed by atoms with Crippen LogP contribution in [0.5, 0.6) is 0 Å². The molecular weight excluding hydrogens is 273 g/mol. The van der Waals surface area contributed by atoms with Crippen molar-refractivity contribution in [1.29, 1.82) is 0 Å². The maximum Gasteiger partial charge on any atom is 0.170 e. The maximum atomic E-state index is 13.7. The van der Waals surface area contributed by atoms with Crippen molar-refractivity contribution in [3.05, 3.63) is 42.0 Å². The van der Waals surface area contributed by atoms with E-state index in [4.69, 9.17) is 14.9 Å². The Balaban J connectivity index is 2.05. The summed E-state index contributed by atoms with van der Waals surface area (Å²) in [6.07, 6.45) is 0. The van der Waals surface area contributed by atoms with Crippen LogP contribution in [0.4, 0.5) is 10.2 Å². The van der Waals surface area contributed by atoms with E-state index in [-0.39, 0.29) is 12.2 Å². The molecule has 0 unspecified atom stereocenters. The first-order valence-corrected chi connectivity index (χ1v) is 6.57. The molecule has 0 saturated carbocycles. The van der Waals surface area contributed by atoms with Crippen LogP contribution in [0, 0.1) is 5.82 Å². The van der Waals surface area contributed by atoms with Gasteiger partial charge in [-0.25, -0.2) is 14.4 Å². The lowest BCUT2D eigenvalue weighted by Gasteiger charge is -2.04. The van der Waals surface area contributed by atoms with Gasteiger partial charge in [0.15, 0.2) is 23.0 Å². The van der Waals surface area contributed by atoms with Crippen LogP contribution in [0.3, 0.4) is 0 Å². The molecule has 0 aliphatic carbocycles. The van der Waals surface area contributed by atoms with Crippen LogP contribution in [-0.4, -0.2) is 16.6 Å². The summed E-state index contributed by atoms with van der Waals surface area (Å²) in [7, 11) is 0. The number of anilines is 1. The van der Waals surface area contributed by atoms with Crippen molar-refractivity contribution in [3.63, 3.8) is 0 Å². The minimum atomic E-state index is -0.407. The van der Waals surface area contributed by atoms with Crippen LogP contribution in [0.1, 0.15) is 12.7 Å². The van der Waals surface area contributed by atoms with Gasteiger partial charge >= 0.3 is 0 Å². The highest BCUT2D eigenvalue weighted by Crippen LogP contribution is 2.28. The van der Waals surface area contributed by atoms with Gasteiger partial charge in [0.25, 0.3) is 0 Å². The maximum absolute atomic E-state index is 13.7. The Hall–Kier alpha value is -2.47. The number of fused-ring (bicyclic) bond motifs is 1. The van der Waals surface area contributed by atoms with Crippen molar-refractivity contribution in [1.82, 2.24) is 9.97 Å². The Morgan fingerprint density at radius 3 is 2.90 bits per heavy atom. The zero-order valence-electron chi connectivity index (χ0n) is 11.5. The largest absolute Gasteiger partial charge is 0.451 e. The highest BCUT2D eigenvalue weighted by atomic mass is 19.1. The van der Waals surface area contributed by atoms with Gasteiger partial charge in [-0.05, 0) is 19.1 Å². The van der Waals surface area contributed by atoms with Crippen molar-refractivity contribution in [3.8, 4) is 11.5 Å². The highest BCUT2D eigenvalue weighted by molar-refractivity contribution is 5.82. The first-order chi connectivity index (χ1) is 10.2. The van der Waals surface area contributed by atoms with Gasteiger partial charge in [0.05, 0.1) is 0 Å². The summed E-state index contributed by atoms with van der Waals surface area (Å²) in [5.74, 6) is 0.820. The number of aromatic nitrogens is 2. The molecule has 1 aromatic carbocycles. The lowest BCUT2D eigenvalue weighted by molar-refractivity contribution is 0.128. The second-order valence-corrected chi connectivity index (χ2v) is 4.50. The fourth-order valence-electron chi connectivity index (χ4n) is 2.06. The van der Waals surface area contributed by atoms with E-state index in [1.165, 1.54) is 6.07 Å². The number of furan rings is 1. The predicted molar refractivity (Wildman–Crippen MR) is 76.9 cm³/mol. The van der Waals surface area contributed by atoms with Gasteiger partial charge in [-0.2, -0.15) is 0 Å². The summed E-state index contributed by atoms with van der Waals surface area (Å²) in [4.78, 5) is 8.43. The van der Waals surface area contributed by atoms with Gasteiger partial charge in [0.2, 0.25) is 0 Å². The third-order valence-corrected chi connectivity index (χ3v) is 2.98. The van der Waals surface area contributed by atoms with E-state index in [0.29, 0.717) is 35.1 Å². The molecule has 0 amide bonds. The Kier molecular flexibility index (Phi) is 3.53. The summed E-state index contributed by atoms with van der Waals surface area (Å²) in [5.41, 5.74) is 6.48. The number of halogens is 1. The second-order valence-electron chi connectivity index (χ2n) is 4.50. The average Bonchev–Trinajstić information content (AvgIpc) is 2.90. The number of nitrogen functional groups attached to an aromatic ring is 1. The van der Waals surface area contributed by atoms with E-state index in [1.807, 2.05) is 6.92 Å². The van der Waals surface area contributed by atoms with Gasteiger partial charge in [0, 0.05) is 18.1 Å². The fourth-order valence-corrected chi connectivity index (χ4v) is 2.06. The molecule has 3 rings (SSSR count). The lowest BCUT2D eigenvalue weighted by atomic mass is 10.2. The van der Waals surface area contributed by atoms with Crippen LogP contribution in [-0.2, 0) is 11.3 Å². The van der Waals surface area contributed by atoms with Crippen molar-refractivity contribution >= 4 is 16.8 Å². The monoisotopic (exact) mass is 287 g/mol. The lowest BCUT2D eigenvalue weighted by Crippen LogP contribution is -2.03. The smallest absolute Gasteiger partial charge is 0.170 e. The molecule has 0 spiro atoms. The third kappa shape index (κ3) is 2.71. The van der Waals surface area contributed by atoms with Crippen LogP contribution < -0.4 is 5.73 Å². The van der Waals surface area contributed by atoms with Crippen LogP contribution >= 0.6 is 0 Å². The van der Waals surface area contributed by atoms with Crippen LogP contribution in [0.15, 0.2) is 34.7 Å². The fraction of sp³-hybridized carbons (Fsp3) is 0.200. The van der Waals surface area contributed by atoms with Gasteiger partial charge in [0.1, 0.15) is 18.1 Å². The number of hydrogen-bond donors (Lipinski definition) is 1. The summed E-state index contributed by atoms with van der Waals surface area (Å²) in [5, 5.41) is 0.675. The average molecular weight is 287 g/mol. The standard InChI is InChI=1S/C15H14FN3O2/c1-2-20-8-14-18-11(7-13(17)19-14)12-6-9-4-3-5-10(16)15(9)21-12/h3-7H,2,8H2,1H3,(H2,17,18,19). The van der Waals surface area contributed by atoms with Crippen molar-refractivity contribution in [2.75, 3.05) is 12.3 Å². The number of nitrogens with two attached hydrogens (primary N) is 1. The molecule has 6 heteroatoms. The highest BCUT2D eigenvalue weighted by Gasteiger charge is 2.12. The Labute approximate surface area is 120 Å². The molecule has 0 aliphatic rings. The molecule has 5 nitrogen and oxygen atoms in total. The first kappa shape index (κ1) is 13.5. The number of benzene rings is 1. The molecular formula is C15H14FN3O2. The van der Waals surface area contributed by atoms with Gasteiger partial charge < -0.3 is 14.9 Å². The van der Waals surface area contributed by atoms with Gasteiger partial charge in [-0.3, -0.25) is 0 Å². The molecule has 0 atom stereocenters. The minimum Gasteiger partial charge on any atom is -0.451 e. The summed E-state index contributed by atoms with van der Waals surface area (Å²) < 4.78 is 24.5. The number of ether oxygens (including phenoxy) is 1. The SMILES string of the molecule is CCOCc1nc(N)cc(-c2cc3cccc(F)c3o2)n1. The molecule has 2 heterocycles. The predicted octanol–water partition coefficient (Wildman–Crippen LogP) is 3.15. The summed E-state index contributed by atoms with van der Waals surface area (Å²) in [6.45, 7) is 2.71. The van der Waals surface area contributed by atoms with E-state index >= 15 is 0 Å². The molecule has 0 aliphatic heterocycles. The third-order valence-electron chi connectivity index (χ3n) is 2.98. The van der Waals surface area contributed by atoms with E-state index < -0.39 is 5.82 Å². The van der Waals surface area contributed by atoms with Crippen LogP contribution in [0.25, 0.3) is 22.4 Å². The van der Waals surface area contributed by atoms with Crippen molar-refractivity contribution in [2.45, 2.75) is 13.5 Å². The molecule has 108 valence electrons. The summed E-state index contributed by atoms with van der Waals surface area (Å²) in [6, 6.07) is 8.07. The van der Waals surface area contributed by atoms with Crippen molar-refractivity contribution in [2.24, 2.45) is 0 Å². The Morgan fingerprint density at radius 1 is 1.29 bits per heavy atom. The van der Waals surface area contributed by atoms with Gasteiger partial charge in [-0.1, -0.05) is 12.1 Å². The molecule has 21 heavy (non-hydrogen) atoms. The van der Waals surface area contributed by atoms with E-state index in [9.17, 15) is 4.39 Å². The normalized spacial score (nSPS) is 11.1. The molecule has 3 aromatic rings. The Bertz CT molecular complexity index is 786. The van der Waals surface area contributed by atoms with Crippen molar-refractivity contribution < 1.29 is 13.5 Å². The number of nitrogens with zero attached hydrogens (tertiary/aromatic N) is 2. The van der Waals surface area contributed by atoms with Crippen LogP contribution in [0.2, 0.25) is 0 Å². The Morgan fingerprint density at radius 2 is 2.14 bits per heavy atom. The second kappa shape index (κ2) is 5.49. The molecule has 0 radical (unpaired) electrons. The van der Waals surface area contributed by atoms with E-state index in [1.54, 1.807) is 24.3 Å². The molecule has 2 aromatic heterocycles. The van der Waals surface area contributed by atoms with E-state index in [2.05, 4.69) is 9.97 Å². The topological polar surface area (TPSA) is 74.2 Å².